The predicted octanol–water partition coefficient (Wildman–Crippen LogP) is 2.58. The molecule has 1 amide bonds. The number of amides is 1. The molecule has 0 atom stereocenters. The molecule has 0 saturated carbocycles. The summed E-state index contributed by atoms with van der Waals surface area (Å²) in [6, 6.07) is 14.6. The molecule has 1 aromatic heterocycles. The van der Waals surface area contributed by atoms with Crippen molar-refractivity contribution in [1.82, 2.24) is 4.57 Å². The van der Waals surface area contributed by atoms with Gasteiger partial charge in [-0.15, -0.1) is 16.8 Å². The summed E-state index contributed by atoms with van der Waals surface area (Å²) >= 11 is 0. The average molecular weight is 330 g/mol. The number of azo groups is 1. The first-order valence-corrected chi connectivity index (χ1v) is 7.76. The second-order valence-electron chi connectivity index (χ2n) is 5.57. The number of allylic oxidation sites excluding steroid dienone is 1. The molecule has 1 N–H and O–H groups in total. The van der Waals surface area contributed by atoms with Gasteiger partial charge >= 0.3 is 0 Å². The van der Waals surface area contributed by atoms with Crippen LogP contribution in [0.4, 0.5) is 5.69 Å². The van der Waals surface area contributed by atoms with Crippen LogP contribution in [0.25, 0.3) is 16.6 Å². The number of benzene rings is 2. The van der Waals surface area contributed by atoms with Crippen molar-refractivity contribution in [3.05, 3.63) is 71.8 Å². The summed E-state index contributed by atoms with van der Waals surface area (Å²) in [5, 5.41) is 20.8. The molecular formula is C19H14N4O2. The lowest BCUT2D eigenvalue weighted by molar-refractivity contribution is -0.112. The summed E-state index contributed by atoms with van der Waals surface area (Å²) < 4.78 is 1.69. The fourth-order valence-electron chi connectivity index (χ4n) is 2.93. The van der Waals surface area contributed by atoms with Gasteiger partial charge in [0, 0.05) is 17.1 Å². The molecule has 0 bridgehead atoms. The van der Waals surface area contributed by atoms with Gasteiger partial charge in [-0.2, -0.15) is 0 Å². The SMILES string of the molecule is C=CCn1c(O)c(N=NC2=c3ccccc3=NC2=O)c2ccccc21. The fraction of sp³-hybridized carbons (Fsp3) is 0.0526. The smallest absolute Gasteiger partial charge is 0.298 e. The van der Waals surface area contributed by atoms with Crippen molar-refractivity contribution in [2.75, 3.05) is 0 Å². The van der Waals surface area contributed by atoms with E-state index in [0.717, 1.165) is 10.9 Å². The second kappa shape index (κ2) is 5.83. The molecule has 6 nitrogen and oxygen atoms in total. The molecule has 0 saturated heterocycles. The monoisotopic (exact) mass is 330 g/mol. The first-order valence-electron chi connectivity index (χ1n) is 7.76. The standard InChI is InChI=1S/C19H14N4O2/c1-2-11-23-15-10-6-4-8-13(15)17(19(23)25)22-21-16-12-7-3-5-9-14(12)20-18(16)24/h2-10,25H,1,11H2. The van der Waals surface area contributed by atoms with Gasteiger partial charge in [0.05, 0.1) is 10.9 Å². The Hall–Kier alpha value is -3.54. The number of fused-ring (bicyclic) bond motifs is 2. The van der Waals surface area contributed by atoms with Crippen molar-refractivity contribution >= 4 is 28.2 Å². The summed E-state index contributed by atoms with van der Waals surface area (Å²) in [6.45, 7) is 4.15. The lowest BCUT2D eigenvalue weighted by Gasteiger charge is -2.01. The minimum Gasteiger partial charge on any atom is -0.493 e. The Morgan fingerprint density at radius 3 is 2.72 bits per heavy atom. The van der Waals surface area contributed by atoms with Crippen LogP contribution in [0, 0.1) is 0 Å². The maximum absolute atomic E-state index is 12.1. The number of carbonyl (C=O) groups excluding carboxylic acids is 1. The van der Waals surface area contributed by atoms with Crippen LogP contribution in [0.15, 0.2) is 76.4 Å². The highest BCUT2D eigenvalue weighted by Gasteiger charge is 2.18. The van der Waals surface area contributed by atoms with Crippen LogP contribution in [0.3, 0.4) is 0 Å². The maximum Gasteiger partial charge on any atom is 0.298 e. The van der Waals surface area contributed by atoms with E-state index < -0.39 is 5.91 Å². The minimum absolute atomic E-state index is 0.0129. The Labute approximate surface area is 142 Å². The number of nitrogens with zero attached hydrogens (tertiary/aromatic N) is 4. The van der Waals surface area contributed by atoms with Crippen LogP contribution in [0.2, 0.25) is 0 Å². The highest BCUT2D eigenvalue weighted by atomic mass is 16.3. The van der Waals surface area contributed by atoms with Gasteiger partial charge in [-0.1, -0.05) is 42.5 Å². The zero-order valence-corrected chi connectivity index (χ0v) is 13.3. The molecule has 4 rings (SSSR count). The van der Waals surface area contributed by atoms with Gasteiger partial charge in [0.15, 0.2) is 11.4 Å². The topological polar surface area (TPSA) is 79.3 Å². The molecule has 0 unspecified atom stereocenters. The molecule has 6 heteroatoms. The molecule has 25 heavy (non-hydrogen) atoms. The average Bonchev–Trinajstić information content (AvgIpc) is 3.08. The van der Waals surface area contributed by atoms with Crippen molar-refractivity contribution < 1.29 is 9.90 Å². The van der Waals surface area contributed by atoms with Gasteiger partial charge in [0.2, 0.25) is 5.88 Å². The zero-order chi connectivity index (χ0) is 17.4. The van der Waals surface area contributed by atoms with Crippen LogP contribution in [-0.2, 0) is 11.3 Å². The minimum atomic E-state index is -0.431. The Morgan fingerprint density at radius 1 is 1.12 bits per heavy atom. The Bertz CT molecular complexity index is 1170. The summed E-state index contributed by atoms with van der Waals surface area (Å²) in [5.74, 6) is -0.444. The fourth-order valence-corrected chi connectivity index (χ4v) is 2.93. The quantitative estimate of drug-likeness (QED) is 0.589. The van der Waals surface area contributed by atoms with Gasteiger partial charge in [-0.05, 0) is 12.1 Å². The van der Waals surface area contributed by atoms with E-state index in [1.54, 1.807) is 22.8 Å². The lowest BCUT2D eigenvalue weighted by atomic mass is 10.2. The van der Waals surface area contributed by atoms with Crippen molar-refractivity contribution in [2.24, 2.45) is 15.2 Å². The third-order valence-electron chi connectivity index (χ3n) is 4.06. The van der Waals surface area contributed by atoms with Crippen LogP contribution in [0.1, 0.15) is 0 Å². The molecule has 2 heterocycles. The van der Waals surface area contributed by atoms with E-state index in [4.69, 9.17) is 0 Å². The summed E-state index contributed by atoms with van der Waals surface area (Å²) in [4.78, 5) is 16.0. The van der Waals surface area contributed by atoms with E-state index >= 15 is 0 Å². The molecule has 2 aromatic carbocycles. The Kier molecular flexibility index (Phi) is 3.50. The second-order valence-corrected chi connectivity index (χ2v) is 5.57. The normalized spacial score (nSPS) is 13.4. The van der Waals surface area contributed by atoms with E-state index in [1.165, 1.54) is 0 Å². The molecule has 1 aliphatic heterocycles. The Morgan fingerprint density at radius 2 is 1.88 bits per heavy atom. The third-order valence-corrected chi connectivity index (χ3v) is 4.06. The van der Waals surface area contributed by atoms with E-state index in [2.05, 4.69) is 21.8 Å². The van der Waals surface area contributed by atoms with Crippen LogP contribution in [-0.4, -0.2) is 15.6 Å². The van der Waals surface area contributed by atoms with Crippen molar-refractivity contribution in [2.45, 2.75) is 6.54 Å². The molecule has 122 valence electrons. The van der Waals surface area contributed by atoms with Crippen LogP contribution < -0.4 is 10.6 Å². The molecule has 3 aromatic rings. The van der Waals surface area contributed by atoms with Crippen LogP contribution >= 0.6 is 0 Å². The zero-order valence-electron chi connectivity index (χ0n) is 13.3. The lowest BCUT2D eigenvalue weighted by Crippen LogP contribution is -2.21. The number of rotatable bonds is 4. The molecule has 0 spiro atoms. The van der Waals surface area contributed by atoms with Gasteiger partial charge in [-0.25, -0.2) is 4.99 Å². The molecule has 0 fully saturated rings. The van der Waals surface area contributed by atoms with Crippen molar-refractivity contribution in [3.8, 4) is 5.88 Å². The highest BCUT2D eigenvalue weighted by molar-refractivity contribution is 6.14. The van der Waals surface area contributed by atoms with Gasteiger partial charge in [0.25, 0.3) is 5.91 Å². The van der Waals surface area contributed by atoms with E-state index in [9.17, 15) is 9.90 Å². The number of para-hydroxylation sites is 2. The number of carbonyl (C=O) groups is 1. The molecule has 1 aliphatic rings. The Balaban J connectivity index is 1.89. The maximum atomic E-state index is 12.1. The van der Waals surface area contributed by atoms with Crippen LogP contribution in [0.5, 0.6) is 5.88 Å². The summed E-state index contributed by atoms with van der Waals surface area (Å²) in [6.07, 6.45) is 1.69. The number of aromatic hydroxyl groups is 1. The van der Waals surface area contributed by atoms with E-state index in [1.807, 2.05) is 36.4 Å². The molecular weight excluding hydrogens is 316 g/mol. The van der Waals surface area contributed by atoms with Gasteiger partial charge in [0.1, 0.15) is 0 Å². The summed E-state index contributed by atoms with van der Waals surface area (Å²) in [7, 11) is 0. The first kappa shape index (κ1) is 15.0. The predicted molar refractivity (Wildman–Crippen MR) is 94.0 cm³/mol. The van der Waals surface area contributed by atoms with Gasteiger partial charge in [-0.3, -0.25) is 4.79 Å². The highest BCUT2D eigenvalue weighted by Crippen LogP contribution is 2.39. The van der Waals surface area contributed by atoms with Crippen molar-refractivity contribution in [1.29, 1.82) is 0 Å². The van der Waals surface area contributed by atoms with Gasteiger partial charge < -0.3 is 9.67 Å². The first-order chi connectivity index (χ1) is 12.2. The number of hydrogen-bond acceptors (Lipinski definition) is 4. The third kappa shape index (κ3) is 2.35. The van der Waals surface area contributed by atoms with E-state index in [0.29, 0.717) is 22.8 Å². The molecule has 0 aliphatic carbocycles. The number of aromatic nitrogens is 1. The van der Waals surface area contributed by atoms with E-state index in [-0.39, 0.29) is 11.6 Å². The molecule has 0 radical (unpaired) electrons. The largest absolute Gasteiger partial charge is 0.493 e. The summed E-state index contributed by atoms with van der Waals surface area (Å²) in [5.41, 5.74) is 1.32. The van der Waals surface area contributed by atoms with Crippen molar-refractivity contribution in [3.63, 3.8) is 0 Å². The number of hydrogen-bond donors (Lipinski definition) is 1.